The number of alkyl halides is 3. The second-order valence-corrected chi connectivity index (χ2v) is 8.45. The van der Waals surface area contributed by atoms with E-state index in [1.807, 2.05) is 53.8 Å². The van der Waals surface area contributed by atoms with Crippen LogP contribution in [0.4, 0.5) is 22.4 Å². The Bertz CT molecular complexity index is 1230. The van der Waals surface area contributed by atoms with Gasteiger partial charge < -0.3 is 15.2 Å². The number of ether oxygens (including phenoxy) is 1. The zero-order valence-corrected chi connectivity index (χ0v) is 18.8. The van der Waals surface area contributed by atoms with Gasteiger partial charge in [0.25, 0.3) is 0 Å². The molecule has 5 nitrogen and oxygen atoms in total. The predicted molar refractivity (Wildman–Crippen MR) is 118 cm³/mol. The van der Waals surface area contributed by atoms with E-state index >= 15 is 0 Å². The van der Waals surface area contributed by atoms with Crippen molar-refractivity contribution in [1.82, 2.24) is 5.32 Å². The molecule has 3 aromatic carbocycles. The summed E-state index contributed by atoms with van der Waals surface area (Å²) in [4.78, 5) is 24.1. The fourth-order valence-corrected chi connectivity index (χ4v) is 4.57. The fraction of sp³-hybridized carbons (Fsp3) is 0.167. The summed E-state index contributed by atoms with van der Waals surface area (Å²) >= 11 is 2.62. The van der Waals surface area contributed by atoms with E-state index in [0.29, 0.717) is 12.1 Å². The van der Waals surface area contributed by atoms with Crippen LogP contribution >= 0.6 is 15.9 Å². The highest BCUT2D eigenvalue weighted by Crippen LogP contribution is 2.44. The number of benzene rings is 3. The van der Waals surface area contributed by atoms with Crippen molar-refractivity contribution < 1.29 is 37.0 Å². The lowest BCUT2D eigenvalue weighted by molar-refractivity contribution is -0.141. The van der Waals surface area contributed by atoms with E-state index in [2.05, 4.69) is 15.9 Å². The molecular formula is C24H16BrF4NO4. The molecule has 0 aliphatic heterocycles. The van der Waals surface area contributed by atoms with E-state index in [0.717, 1.165) is 22.3 Å². The summed E-state index contributed by atoms with van der Waals surface area (Å²) in [5.74, 6) is -3.29. The minimum atomic E-state index is -4.87. The fourth-order valence-electron chi connectivity index (χ4n) is 4.03. The number of hydrogen-bond donors (Lipinski definition) is 2. The van der Waals surface area contributed by atoms with Crippen molar-refractivity contribution in [2.75, 3.05) is 6.61 Å². The van der Waals surface area contributed by atoms with Crippen molar-refractivity contribution in [3.05, 3.63) is 93.2 Å². The molecule has 1 aliphatic rings. The van der Waals surface area contributed by atoms with Gasteiger partial charge in [-0.2, -0.15) is 13.2 Å². The van der Waals surface area contributed by atoms with Crippen molar-refractivity contribution >= 4 is 28.0 Å². The number of nitrogens with one attached hydrogen (secondary N) is 1. The first-order valence-corrected chi connectivity index (χ1v) is 10.8. The molecule has 0 heterocycles. The van der Waals surface area contributed by atoms with Crippen LogP contribution in [0.5, 0.6) is 0 Å². The highest BCUT2D eigenvalue weighted by Gasteiger charge is 2.37. The van der Waals surface area contributed by atoms with E-state index in [-0.39, 0.29) is 12.5 Å². The second kappa shape index (κ2) is 9.09. The SMILES string of the molecule is O=C(NC(C(=O)O)c1cc(C(F)(F)F)c(Br)cc1F)OCC1c2ccccc2-c2ccccc21. The first-order chi connectivity index (χ1) is 16.1. The summed E-state index contributed by atoms with van der Waals surface area (Å²) in [7, 11) is 0. The minimum absolute atomic E-state index is 0.150. The zero-order chi connectivity index (χ0) is 24.6. The number of carbonyl (C=O) groups excluding carboxylic acids is 1. The quantitative estimate of drug-likeness (QED) is 0.376. The third kappa shape index (κ3) is 4.50. The molecule has 2 N–H and O–H groups in total. The molecule has 0 bridgehead atoms. The molecule has 0 saturated heterocycles. The van der Waals surface area contributed by atoms with Crippen molar-refractivity contribution in [3.8, 4) is 11.1 Å². The van der Waals surface area contributed by atoms with Crippen LogP contribution in [0.25, 0.3) is 11.1 Å². The maximum atomic E-state index is 14.4. The zero-order valence-electron chi connectivity index (χ0n) is 17.2. The lowest BCUT2D eigenvalue weighted by Crippen LogP contribution is -2.35. The summed E-state index contributed by atoms with van der Waals surface area (Å²) in [5.41, 5.74) is 1.67. The van der Waals surface area contributed by atoms with Crippen LogP contribution < -0.4 is 5.32 Å². The lowest BCUT2D eigenvalue weighted by Gasteiger charge is -2.19. The number of carboxylic acids is 1. The number of carboxylic acid groups (broad SMARTS) is 1. The maximum absolute atomic E-state index is 14.4. The Morgan fingerprint density at radius 2 is 1.59 bits per heavy atom. The number of alkyl carbamates (subject to hydrolysis) is 1. The lowest BCUT2D eigenvalue weighted by atomic mass is 9.98. The van der Waals surface area contributed by atoms with Gasteiger partial charge in [0.15, 0.2) is 6.04 Å². The highest BCUT2D eigenvalue weighted by atomic mass is 79.9. The minimum Gasteiger partial charge on any atom is -0.479 e. The molecule has 3 aromatic rings. The first-order valence-electron chi connectivity index (χ1n) is 9.98. The van der Waals surface area contributed by atoms with Gasteiger partial charge in [-0.15, -0.1) is 0 Å². The average molecular weight is 538 g/mol. The van der Waals surface area contributed by atoms with Gasteiger partial charge in [0.05, 0.1) is 5.56 Å². The molecule has 4 rings (SSSR count). The number of fused-ring (bicyclic) bond motifs is 3. The van der Waals surface area contributed by atoms with Crippen LogP contribution in [0.1, 0.15) is 34.2 Å². The van der Waals surface area contributed by atoms with Crippen molar-refractivity contribution in [2.45, 2.75) is 18.1 Å². The Morgan fingerprint density at radius 3 is 2.12 bits per heavy atom. The van der Waals surface area contributed by atoms with Gasteiger partial charge in [-0.1, -0.05) is 64.5 Å². The number of carbonyl (C=O) groups is 2. The van der Waals surface area contributed by atoms with Crippen molar-refractivity contribution in [2.24, 2.45) is 0 Å². The van der Waals surface area contributed by atoms with E-state index in [4.69, 9.17) is 4.74 Å². The molecule has 1 amide bonds. The summed E-state index contributed by atoms with van der Waals surface area (Å²) < 4.78 is 58.7. The molecule has 1 aliphatic carbocycles. The maximum Gasteiger partial charge on any atom is 0.417 e. The molecule has 1 atom stereocenters. The van der Waals surface area contributed by atoms with Gasteiger partial charge in [-0.25, -0.2) is 14.0 Å². The average Bonchev–Trinajstić information content (AvgIpc) is 3.09. The van der Waals surface area contributed by atoms with Gasteiger partial charge in [0.1, 0.15) is 12.4 Å². The summed E-state index contributed by atoms with van der Waals surface area (Å²) in [5, 5.41) is 11.4. The summed E-state index contributed by atoms with van der Waals surface area (Å²) in [6.45, 7) is -0.150. The van der Waals surface area contributed by atoms with E-state index in [1.54, 1.807) is 0 Å². The molecule has 0 saturated carbocycles. The monoisotopic (exact) mass is 537 g/mol. The van der Waals surface area contributed by atoms with Crippen molar-refractivity contribution in [1.29, 1.82) is 0 Å². The normalized spacial score (nSPS) is 13.7. The highest BCUT2D eigenvalue weighted by molar-refractivity contribution is 9.10. The smallest absolute Gasteiger partial charge is 0.417 e. The van der Waals surface area contributed by atoms with Crippen molar-refractivity contribution in [3.63, 3.8) is 0 Å². The molecule has 176 valence electrons. The third-order valence-electron chi connectivity index (χ3n) is 5.56. The molecule has 1 unspecified atom stereocenters. The Morgan fingerprint density at radius 1 is 1.03 bits per heavy atom. The standard InChI is InChI=1S/C24H16BrF4NO4/c25-19-10-20(26)16(9-18(19)24(27,28)29)21(22(31)32)30-23(33)34-11-17-14-7-3-1-5-12(14)13-6-2-4-8-15(13)17/h1-10,17,21H,11H2,(H,30,33)(H,31,32). The Balaban J connectivity index is 1.54. The molecule has 0 aromatic heterocycles. The van der Waals surface area contributed by atoms with Crippen LogP contribution in [0.3, 0.4) is 0 Å². The Hall–Kier alpha value is -3.40. The molecular weight excluding hydrogens is 522 g/mol. The largest absolute Gasteiger partial charge is 0.479 e. The second-order valence-electron chi connectivity index (χ2n) is 7.59. The van der Waals surface area contributed by atoms with Gasteiger partial charge >= 0.3 is 18.2 Å². The van der Waals surface area contributed by atoms with Crippen LogP contribution in [-0.4, -0.2) is 23.8 Å². The summed E-state index contributed by atoms with van der Waals surface area (Å²) in [6.07, 6.45) is -6.07. The molecule has 0 radical (unpaired) electrons. The number of hydrogen-bond acceptors (Lipinski definition) is 3. The van der Waals surface area contributed by atoms with Gasteiger partial charge in [0, 0.05) is 16.0 Å². The molecule has 0 fully saturated rings. The van der Waals surface area contributed by atoms with E-state index in [9.17, 15) is 32.3 Å². The van der Waals surface area contributed by atoms with Crippen LogP contribution in [0.15, 0.2) is 65.1 Å². The predicted octanol–water partition coefficient (Wildman–Crippen LogP) is 6.27. The molecule has 10 heteroatoms. The van der Waals surface area contributed by atoms with E-state index in [1.165, 1.54) is 0 Å². The van der Waals surface area contributed by atoms with Crippen LogP contribution in [-0.2, 0) is 15.7 Å². The summed E-state index contributed by atoms with van der Waals surface area (Å²) in [6, 6.07) is 13.8. The van der Waals surface area contributed by atoms with Crippen LogP contribution in [0, 0.1) is 5.82 Å². The van der Waals surface area contributed by atoms with E-state index < -0.39 is 45.7 Å². The number of amides is 1. The Labute approximate surface area is 199 Å². The topological polar surface area (TPSA) is 75.6 Å². The number of rotatable bonds is 5. The number of aliphatic carboxylic acids is 1. The third-order valence-corrected chi connectivity index (χ3v) is 6.21. The van der Waals surface area contributed by atoms with Crippen LogP contribution in [0.2, 0.25) is 0 Å². The molecule has 0 spiro atoms. The van der Waals surface area contributed by atoms with Gasteiger partial charge in [-0.3, -0.25) is 0 Å². The number of halogens is 5. The van der Waals surface area contributed by atoms with Gasteiger partial charge in [0.2, 0.25) is 0 Å². The molecule has 34 heavy (non-hydrogen) atoms. The first kappa shape index (κ1) is 23.7. The Kier molecular flexibility index (Phi) is 6.35. The van der Waals surface area contributed by atoms with Gasteiger partial charge in [-0.05, 0) is 34.4 Å².